The first-order chi connectivity index (χ1) is 4.93. The molecular formula is C6H9F2NO2. The van der Waals surface area contributed by atoms with Crippen LogP contribution in [0.4, 0.5) is 8.78 Å². The van der Waals surface area contributed by atoms with Gasteiger partial charge in [-0.15, -0.1) is 0 Å². The summed E-state index contributed by atoms with van der Waals surface area (Å²) in [6, 6.07) is -1.24. The van der Waals surface area contributed by atoms with Gasteiger partial charge in [0.25, 0.3) is 0 Å². The molecule has 1 heterocycles. The number of ether oxygens (including phenoxy) is 1. The predicted molar refractivity (Wildman–Crippen MR) is 33.1 cm³/mol. The summed E-state index contributed by atoms with van der Waals surface area (Å²) < 4.78 is 29.3. The van der Waals surface area contributed by atoms with Gasteiger partial charge in [-0.05, 0) is 13.8 Å². The first kappa shape index (κ1) is 8.39. The van der Waals surface area contributed by atoms with Gasteiger partial charge < -0.3 is 10.1 Å². The second-order valence-electron chi connectivity index (χ2n) is 2.55. The minimum Gasteiger partial charge on any atom is -0.343 e. The second-order valence-corrected chi connectivity index (χ2v) is 2.55. The molecule has 0 aromatic carbocycles. The van der Waals surface area contributed by atoms with Crippen molar-refractivity contribution < 1.29 is 18.3 Å². The van der Waals surface area contributed by atoms with E-state index in [2.05, 4.69) is 10.1 Å². The third-order valence-corrected chi connectivity index (χ3v) is 1.57. The molecule has 1 aliphatic rings. The predicted octanol–water partition coefficient (Wildman–Crippen LogP) is 0.503. The zero-order chi connectivity index (χ0) is 8.65. The highest BCUT2D eigenvalue weighted by Crippen LogP contribution is 2.25. The number of amides is 1. The van der Waals surface area contributed by atoms with E-state index in [1.165, 1.54) is 13.8 Å². The van der Waals surface area contributed by atoms with Gasteiger partial charge >= 0.3 is 6.11 Å². The van der Waals surface area contributed by atoms with Gasteiger partial charge in [-0.3, -0.25) is 4.79 Å². The van der Waals surface area contributed by atoms with E-state index in [1.807, 2.05) is 0 Å². The Balaban J connectivity index is 2.70. The van der Waals surface area contributed by atoms with Crippen LogP contribution in [-0.4, -0.2) is 24.2 Å². The highest BCUT2D eigenvalue weighted by atomic mass is 19.3. The lowest BCUT2D eigenvalue weighted by molar-refractivity contribution is -0.282. The Morgan fingerprint density at radius 3 is 2.55 bits per heavy atom. The summed E-state index contributed by atoms with van der Waals surface area (Å²) in [4.78, 5) is 10.7. The summed E-state index contributed by atoms with van der Waals surface area (Å²) in [7, 11) is 0. The molecule has 2 atom stereocenters. The van der Waals surface area contributed by atoms with Crippen LogP contribution in [-0.2, 0) is 9.53 Å². The molecule has 5 heteroatoms. The molecule has 0 radical (unpaired) electrons. The fourth-order valence-corrected chi connectivity index (χ4v) is 0.806. The number of hydrogen-bond donors (Lipinski definition) is 1. The van der Waals surface area contributed by atoms with E-state index in [4.69, 9.17) is 0 Å². The van der Waals surface area contributed by atoms with E-state index in [9.17, 15) is 13.6 Å². The zero-order valence-electron chi connectivity index (χ0n) is 6.23. The van der Waals surface area contributed by atoms with Gasteiger partial charge in [0.15, 0.2) is 0 Å². The van der Waals surface area contributed by atoms with E-state index in [0.717, 1.165) is 0 Å². The molecule has 1 aliphatic heterocycles. The maximum Gasteiger partial charge on any atom is 0.376 e. The normalized spacial score (nSPS) is 36.5. The number of alkyl halides is 2. The van der Waals surface area contributed by atoms with Gasteiger partial charge in [0.05, 0.1) is 0 Å². The molecular weight excluding hydrogens is 156 g/mol. The number of rotatable bonds is 0. The van der Waals surface area contributed by atoms with E-state index >= 15 is 0 Å². The number of carbonyl (C=O) groups is 1. The Morgan fingerprint density at radius 1 is 1.55 bits per heavy atom. The third-order valence-electron chi connectivity index (χ3n) is 1.57. The van der Waals surface area contributed by atoms with E-state index in [0.29, 0.717) is 0 Å². The molecule has 64 valence electrons. The molecule has 1 saturated heterocycles. The van der Waals surface area contributed by atoms with Crippen molar-refractivity contribution in [3.8, 4) is 0 Å². The van der Waals surface area contributed by atoms with Crippen molar-refractivity contribution in [2.75, 3.05) is 0 Å². The Bertz CT molecular complexity index is 183. The monoisotopic (exact) mass is 165 g/mol. The molecule has 0 spiro atoms. The van der Waals surface area contributed by atoms with E-state index in [1.54, 1.807) is 0 Å². The first-order valence-corrected chi connectivity index (χ1v) is 3.29. The summed E-state index contributed by atoms with van der Waals surface area (Å²) in [6.07, 6.45) is -4.31. The number of nitrogens with one attached hydrogen (secondary N) is 1. The van der Waals surface area contributed by atoms with Crippen LogP contribution in [0.5, 0.6) is 0 Å². The second kappa shape index (κ2) is 2.41. The first-order valence-electron chi connectivity index (χ1n) is 3.29. The van der Waals surface area contributed by atoms with Crippen LogP contribution in [0, 0.1) is 0 Å². The highest BCUT2D eigenvalue weighted by molar-refractivity contribution is 5.81. The third kappa shape index (κ3) is 1.48. The number of hydrogen-bond acceptors (Lipinski definition) is 2. The lowest BCUT2D eigenvalue weighted by Crippen LogP contribution is -2.57. The zero-order valence-corrected chi connectivity index (χ0v) is 6.23. The van der Waals surface area contributed by atoms with Crippen LogP contribution >= 0.6 is 0 Å². The van der Waals surface area contributed by atoms with Crippen molar-refractivity contribution in [1.82, 2.24) is 5.32 Å². The summed E-state index contributed by atoms with van der Waals surface area (Å²) in [5, 5.41) is 2.11. The summed E-state index contributed by atoms with van der Waals surface area (Å²) in [6.45, 7) is 2.49. The van der Waals surface area contributed by atoms with Gasteiger partial charge in [0.2, 0.25) is 5.91 Å². The van der Waals surface area contributed by atoms with Crippen LogP contribution in [0.25, 0.3) is 0 Å². The van der Waals surface area contributed by atoms with Crippen LogP contribution in [0.2, 0.25) is 0 Å². The topological polar surface area (TPSA) is 38.3 Å². The SMILES string of the molecule is CC1OC(F)(F)C(C)NC1=O. The van der Waals surface area contributed by atoms with Crippen LogP contribution < -0.4 is 5.32 Å². The molecule has 1 rings (SSSR count). The number of morpholine rings is 1. The number of halogens is 2. The van der Waals surface area contributed by atoms with Crippen molar-refractivity contribution in [2.24, 2.45) is 0 Å². The maximum absolute atomic E-state index is 12.6. The van der Waals surface area contributed by atoms with E-state index < -0.39 is 24.2 Å². The summed E-state index contributed by atoms with van der Waals surface area (Å²) in [5.74, 6) is -0.497. The maximum atomic E-state index is 12.6. The van der Waals surface area contributed by atoms with Gasteiger partial charge in [0.1, 0.15) is 12.1 Å². The van der Waals surface area contributed by atoms with Crippen molar-refractivity contribution in [1.29, 1.82) is 0 Å². The van der Waals surface area contributed by atoms with Crippen molar-refractivity contribution in [2.45, 2.75) is 32.1 Å². The molecule has 0 saturated carbocycles. The lowest BCUT2D eigenvalue weighted by Gasteiger charge is -2.32. The standard InChI is InChI=1S/C6H9F2NO2/c1-3-5(10)9-4(2)6(7,8)11-3/h3-4H,1-2H3,(H,9,10). The fourth-order valence-electron chi connectivity index (χ4n) is 0.806. The lowest BCUT2D eigenvalue weighted by atomic mass is 10.2. The molecule has 1 fully saturated rings. The van der Waals surface area contributed by atoms with Crippen molar-refractivity contribution in [3.05, 3.63) is 0 Å². The molecule has 2 unspecified atom stereocenters. The molecule has 3 nitrogen and oxygen atoms in total. The van der Waals surface area contributed by atoms with Crippen LogP contribution in [0.15, 0.2) is 0 Å². The minimum atomic E-state index is -3.24. The quantitative estimate of drug-likeness (QED) is 0.567. The molecule has 11 heavy (non-hydrogen) atoms. The highest BCUT2D eigenvalue weighted by Gasteiger charge is 2.46. The number of carbonyl (C=O) groups excluding carboxylic acids is 1. The molecule has 0 aromatic rings. The molecule has 1 amide bonds. The fraction of sp³-hybridized carbons (Fsp3) is 0.833. The molecule has 0 aliphatic carbocycles. The Labute approximate surface area is 62.7 Å². The Morgan fingerprint density at radius 2 is 2.09 bits per heavy atom. The van der Waals surface area contributed by atoms with Gasteiger partial charge in [0, 0.05) is 0 Å². The van der Waals surface area contributed by atoms with Gasteiger partial charge in [-0.1, -0.05) is 0 Å². The average Bonchev–Trinajstić information content (AvgIpc) is 1.83. The summed E-state index contributed by atoms with van der Waals surface area (Å²) >= 11 is 0. The van der Waals surface area contributed by atoms with Crippen molar-refractivity contribution in [3.63, 3.8) is 0 Å². The molecule has 0 bridgehead atoms. The van der Waals surface area contributed by atoms with Crippen molar-refractivity contribution >= 4 is 5.91 Å². The molecule has 1 N–H and O–H groups in total. The smallest absolute Gasteiger partial charge is 0.343 e. The van der Waals surface area contributed by atoms with Gasteiger partial charge in [-0.25, -0.2) is 0 Å². The Kier molecular flexibility index (Phi) is 1.83. The largest absolute Gasteiger partial charge is 0.376 e. The minimum absolute atomic E-state index is 0.497. The van der Waals surface area contributed by atoms with Gasteiger partial charge in [-0.2, -0.15) is 8.78 Å². The summed E-state index contributed by atoms with van der Waals surface area (Å²) in [5.41, 5.74) is 0. The average molecular weight is 165 g/mol. The Hall–Kier alpha value is -0.710. The van der Waals surface area contributed by atoms with E-state index in [-0.39, 0.29) is 0 Å². The molecule has 0 aromatic heterocycles. The van der Waals surface area contributed by atoms with Crippen LogP contribution in [0.1, 0.15) is 13.8 Å². The van der Waals surface area contributed by atoms with Crippen LogP contribution in [0.3, 0.4) is 0 Å².